The van der Waals surface area contributed by atoms with E-state index in [4.69, 9.17) is 14.7 Å². The molecule has 0 unspecified atom stereocenters. The number of ether oxygens (including phenoxy) is 1. The van der Waals surface area contributed by atoms with Gasteiger partial charge in [-0.15, -0.1) is 0 Å². The van der Waals surface area contributed by atoms with Crippen LogP contribution in [-0.2, 0) is 0 Å². The minimum atomic E-state index is 0.0564. The summed E-state index contributed by atoms with van der Waals surface area (Å²) in [5.41, 5.74) is 3.78. The van der Waals surface area contributed by atoms with Gasteiger partial charge in [0, 0.05) is 49.0 Å². The average molecular weight is 548 g/mol. The Labute approximate surface area is 239 Å². The van der Waals surface area contributed by atoms with Crippen LogP contribution in [-0.4, -0.2) is 68.5 Å². The number of anilines is 2. The number of para-hydroxylation sites is 1. The minimum Gasteiger partial charge on any atom is -0.457 e. The second kappa shape index (κ2) is 11.4. The molecule has 208 valence electrons. The van der Waals surface area contributed by atoms with Crippen LogP contribution < -0.4 is 10.1 Å². The van der Waals surface area contributed by atoms with Crippen LogP contribution in [0.25, 0.3) is 22.6 Å². The maximum atomic E-state index is 13.0. The Morgan fingerprint density at radius 2 is 1.54 bits per heavy atom. The van der Waals surface area contributed by atoms with Gasteiger partial charge in [0.2, 0.25) is 0 Å². The molecule has 9 heteroatoms. The van der Waals surface area contributed by atoms with Crippen molar-refractivity contribution in [1.29, 1.82) is 0 Å². The Kier molecular flexibility index (Phi) is 7.35. The molecule has 0 spiro atoms. The molecule has 0 radical (unpaired) electrons. The van der Waals surface area contributed by atoms with Crippen LogP contribution in [0.4, 0.5) is 11.5 Å². The number of benzene rings is 3. The first-order chi connectivity index (χ1) is 19.9. The molecule has 0 aliphatic carbocycles. The lowest BCUT2D eigenvalue weighted by Gasteiger charge is -2.32. The van der Waals surface area contributed by atoms with Crippen LogP contribution >= 0.6 is 0 Å². The van der Waals surface area contributed by atoms with Crippen LogP contribution in [0.5, 0.6) is 11.5 Å². The van der Waals surface area contributed by atoms with Crippen LogP contribution in [0, 0.1) is 0 Å². The Morgan fingerprint density at radius 1 is 0.854 bits per heavy atom. The lowest BCUT2D eigenvalue weighted by atomic mass is 10.1. The largest absolute Gasteiger partial charge is 0.457 e. The van der Waals surface area contributed by atoms with E-state index in [1.807, 2.05) is 88.3 Å². The van der Waals surface area contributed by atoms with Gasteiger partial charge in [-0.2, -0.15) is 0 Å². The molecule has 3 aromatic carbocycles. The number of carbonyl (C=O) groups is 1. The molecular formula is C32H33N7O2. The molecule has 3 heterocycles. The zero-order chi connectivity index (χ0) is 28.3. The number of likely N-dealkylation sites (N-methyl/N-ethyl adjacent to an activating group) is 1. The molecule has 9 nitrogen and oxygen atoms in total. The van der Waals surface area contributed by atoms with E-state index in [0.717, 1.165) is 54.6 Å². The van der Waals surface area contributed by atoms with E-state index in [2.05, 4.69) is 36.1 Å². The number of carbonyl (C=O) groups excluding carboxylic acids is 1. The summed E-state index contributed by atoms with van der Waals surface area (Å²) in [5, 5.41) is 3.43. The molecule has 5 aromatic rings. The van der Waals surface area contributed by atoms with Gasteiger partial charge in [0.1, 0.15) is 11.5 Å². The molecule has 2 aromatic heterocycles. The quantitative estimate of drug-likeness (QED) is 0.267. The second-order valence-electron chi connectivity index (χ2n) is 10.6. The highest BCUT2D eigenvalue weighted by atomic mass is 16.5. The molecule has 1 amide bonds. The summed E-state index contributed by atoms with van der Waals surface area (Å²) in [6.45, 7) is 7.45. The van der Waals surface area contributed by atoms with Gasteiger partial charge in [0.25, 0.3) is 5.91 Å². The molecule has 1 aliphatic heterocycles. The molecule has 1 aliphatic rings. The Hall–Kier alpha value is -4.76. The highest BCUT2D eigenvalue weighted by Crippen LogP contribution is 2.30. The second-order valence-corrected chi connectivity index (χ2v) is 10.6. The molecular weight excluding hydrogens is 514 g/mol. The van der Waals surface area contributed by atoms with Crippen LogP contribution in [0.15, 0.2) is 85.2 Å². The van der Waals surface area contributed by atoms with E-state index < -0.39 is 0 Å². The van der Waals surface area contributed by atoms with Gasteiger partial charge in [-0.25, -0.2) is 15.0 Å². The molecule has 1 saturated heterocycles. The van der Waals surface area contributed by atoms with Crippen molar-refractivity contribution in [2.45, 2.75) is 19.9 Å². The first-order valence-electron chi connectivity index (χ1n) is 13.9. The van der Waals surface area contributed by atoms with E-state index >= 15 is 0 Å². The van der Waals surface area contributed by atoms with E-state index in [1.54, 1.807) is 6.33 Å². The number of aromatic nitrogens is 4. The minimum absolute atomic E-state index is 0.0564. The molecule has 1 N–H and O–H groups in total. The molecule has 0 saturated carbocycles. The van der Waals surface area contributed by atoms with Crippen molar-refractivity contribution in [3.05, 3.63) is 90.8 Å². The molecule has 41 heavy (non-hydrogen) atoms. The van der Waals surface area contributed by atoms with Crippen molar-refractivity contribution >= 4 is 28.6 Å². The summed E-state index contributed by atoms with van der Waals surface area (Å²) in [6.07, 6.45) is 1.80. The third-order valence-corrected chi connectivity index (χ3v) is 7.25. The summed E-state index contributed by atoms with van der Waals surface area (Å²) in [6, 6.07) is 25.1. The predicted molar refractivity (Wildman–Crippen MR) is 161 cm³/mol. The molecule has 0 atom stereocenters. The lowest BCUT2D eigenvalue weighted by Crippen LogP contribution is -2.47. The molecule has 6 rings (SSSR count). The van der Waals surface area contributed by atoms with Gasteiger partial charge >= 0.3 is 0 Å². The molecule has 1 fully saturated rings. The Balaban J connectivity index is 1.28. The SMILES string of the molecule is CC(C)n1cnc2c(Nc3ccc(Oc4ccccc4)cc3)nc(-c3ccc(C(=O)N4CCN(C)CC4)cc3)nc21. The van der Waals surface area contributed by atoms with Crippen molar-refractivity contribution in [2.75, 3.05) is 38.5 Å². The maximum Gasteiger partial charge on any atom is 0.253 e. The number of nitrogens with one attached hydrogen (secondary N) is 1. The fraction of sp³-hybridized carbons (Fsp3) is 0.250. The summed E-state index contributed by atoms with van der Waals surface area (Å²) in [4.78, 5) is 31.6. The van der Waals surface area contributed by atoms with E-state index in [0.29, 0.717) is 22.7 Å². The first-order valence-corrected chi connectivity index (χ1v) is 13.9. The van der Waals surface area contributed by atoms with Crippen LogP contribution in [0.2, 0.25) is 0 Å². The Morgan fingerprint density at radius 3 is 2.22 bits per heavy atom. The smallest absolute Gasteiger partial charge is 0.253 e. The van der Waals surface area contributed by atoms with Crippen LogP contribution in [0.1, 0.15) is 30.2 Å². The first kappa shape index (κ1) is 26.5. The van der Waals surface area contributed by atoms with Crippen molar-refractivity contribution in [3.8, 4) is 22.9 Å². The highest BCUT2D eigenvalue weighted by molar-refractivity contribution is 5.95. The highest BCUT2D eigenvalue weighted by Gasteiger charge is 2.21. The van der Waals surface area contributed by atoms with Crippen molar-refractivity contribution in [3.63, 3.8) is 0 Å². The molecule has 0 bridgehead atoms. The summed E-state index contributed by atoms with van der Waals surface area (Å²) in [5.74, 6) is 2.75. The number of piperazine rings is 1. The van der Waals surface area contributed by atoms with Crippen molar-refractivity contribution in [1.82, 2.24) is 29.3 Å². The summed E-state index contributed by atoms with van der Waals surface area (Å²) < 4.78 is 7.97. The van der Waals surface area contributed by atoms with Gasteiger partial charge < -0.3 is 24.4 Å². The van der Waals surface area contributed by atoms with Gasteiger partial charge in [-0.3, -0.25) is 4.79 Å². The third-order valence-electron chi connectivity index (χ3n) is 7.25. The fourth-order valence-corrected chi connectivity index (χ4v) is 4.83. The predicted octanol–water partition coefficient (Wildman–Crippen LogP) is 6.00. The lowest BCUT2D eigenvalue weighted by molar-refractivity contribution is 0.0664. The fourth-order valence-electron chi connectivity index (χ4n) is 4.83. The van der Waals surface area contributed by atoms with E-state index in [9.17, 15) is 4.79 Å². The van der Waals surface area contributed by atoms with E-state index in [1.165, 1.54) is 0 Å². The van der Waals surface area contributed by atoms with Crippen LogP contribution in [0.3, 0.4) is 0 Å². The number of hydrogen-bond acceptors (Lipinski definition) is 7. The number of hydrogen-bond donors (Lipinski definition) is 1. The normalized spacial score (nSPS) is 14.0. The Bertz CT molecular complexity index is 1640. The zero-order valence-electron chi connectivity index (χ0n) is 23.5. The number of rotatable bonds is 7. The van der Waals surface area contributed by atoms with Gasteiger partial charge in [0.05, 0.1) is 6.33 Å². The number of fused-ring (bicyclic) bond motifs is 1. The van der Waals surface area contributed by atoms with Crippen molar-refractivity contribution < 1.29 is 9.53 Å². The van der Waals surface area contributed by atoms with Gasteiger partial charge in [-0.05, 0) is 69.4 Å². The number of amides is 1. The zero-order valence-corrected chi connectivity index (χ0v) is 23.5. The number of nitrogens with zero attached hydrogens (tertiary/aromatic N) is 6. The van der Waals surface area contributed by atoms with Gasteiger partial charge in [-0.1, -0.05) is 30.3 Å². The average Bonchev–Trinajstić information content (AvgIpc) is 3.44. The summed E-state index contributed by atoms with van der Waals surface area (Å²) >= 11 is 0. The third kappa shape index (κ3) is 5.76. The van der Waals surface area contributed by atoms with Gasteiger partial charge in [0.15, 0.2) is 22.8 Å². The van der Waals surface area contributed by atoms with E-state index in [-0.39, 0.29) is 11.9 Å². The topological polar surface area (TPSA) is 88.4 Å². The monoisotopic (exact) mass is 547 g/mol. The van der Waals surface area contributed by atoms with Crippen molar-refractivity contribution in [2.24, 2.45) is 0 Å². The summed E-state index contributed by atoms with van der Waals surface area (Å²) in [7, 11) is 2.08. The number of imidazole rings is 1. The standard InChI is InChI=1S/C32H33N7O2/c1-22(2)39-21-33-28-30(34-25-13-15-27(16-14-25)41-26-7-5-4-6-8-26)35-29(36-31(28)39)23-9-11-24(12-10-23)32(40)38-19-17-37(3)18-20-38/h4-16,21-22H,17-20H2,1-3H3,(H,34,35,36). The maximum absolute atomic E-state index is 13.0.